The summed E-state index contributed by atoms with van der Waals surface area (Å²) in [6.45, 7) is 3.79. The molecule has 0 bridgehead atoms. The highest BCUT2D eigenvalue weighted by molar-refractivity contribution is 7.89. The number of nitrogens with zero attached hydrogens (tertiary/aromatic N) is 1. The van der Waals surface area contributed by atoms with Gasteiger partial charge in [0.05, 0.1) is 4.90 Å². The number of hydrogen-bond donors (Lipinski definition) is 1. The molecule has 1 aromatic carbocycles. The first-order valence-electron chi connectivity index (χ1n) is 6.83. The highest BCUT2D eigenvalue weighted by atomic mass is 32.2. The van der Waals surface area contributed by atoms with Crippen molar-refractivity contribution in [3.63, 3.8) is 0 Å². The van der Waals surface area contributed by atoms with Crippen molar-refractivity contribution in [3.8, 4) is 0 Å². The summed E-state index contributed by atoms with van der Waals surface area (Å²) in [5, 5.41) is 0. The lowest BCUT2D eigenvalue weighted by Gasteiger charge is -2.20. The van der Waals surface area contributed by atoms with Crippen LogP contribution in [0.2, 0.25) is 0 Å². The third-order valence-corrected chi connectivity index (χ3v) is 5.64. The lowest BCUT2D eigenvalue weighted by molar-refractivity contribution is 0.416. The Bertz CT molecular complexity index is 528. The molecule has 19 heavy (non-hydrogen) atoms. The standard InChI is InChI=1S/C14H22N2O2S/c1-12-4-3-8-16(9-7-12)19(17,18)14-6-2-5-13(10-14)11-15/h2,5-6,10,12H,3-4,7-9,11,15H2,1H3. The molecule has 1 aliphatic heterocycles. The predicted molar refractivity (Wildman–Crippen MR) is 76.1 cm³/mol. The lowest BCUT2D eigenvalue weighted by atomic mass is 10.0. The van der Waals surface area contributed by atoms with Gasteiger partial charge in [-0.2, -0.15) is 4.31 Å². The largest absolute Gasteiger partial charge is 0.326 e. The van der Waals surface area contributed by atoms with Crippen LogP contribution in [0, 0.1) is 5.92 Å². The topological polar surface area (TPSA) is 63.4 Å². The Kier molecular flexibility index (Phi) is 4.60. The minimum absolute atomic E-state index is 0.362. The number of sulfonamides is 1. The summed E-state index contributed by atoms with van der Waals surface area (Å²) in [6.07, 6.45) is 2.99. The Morgan fingerprint density at radius 1 is 1.32 bits per heavy atom. The molecule has 0 radical (unpaired) electrons. The molecular formula is C14H22N2O2S. The zero-order valence-electron chi connectivity index (χ0n) is 11.4. The number of rotatable bonds is 3. The summed E-state index contributed by atoms with van der Waals surface area (Å²) in [5.41, 5.74) is 6.43. The Morgan fingerprint density at radius 2 is 2.11 bits per heavy atom. The molecule has 2 N–H and O–H groups in total. The van der Waals surface area contributed by atoms with Crippen molar-refractivity contribution < 1.29 is 8.42 Å². The van der Waals surface area contributed by atoms with E-state index in [9.17, 15) is 8.42 Å². The summed E-state index contributed by atoms with van der Waals surface area (Å²) in [7, 11) is -3.36. The lowest BCUT2D eigenvalue weighted by Crippen LogP contribution is -2.32. The molecule has 2 rings (SSSR count). The van der Waals surface area contributed by atoms with Gasteiger partial charge >= 0.3 is 0 Å². The summed E-state index contributed by atoms with van der Waals surface area (Å²) >= 11 is 0. The SMILES string of the molecule is CC1CCCN(S(=O)(=O)c2cccc(CN)c2)CC1. The van der Waals surface area contributed by atoms with Gasteiger partial charge in [0.15, 0.2) is 0 Å². The fourth-order valence-corrected chi connectivity index (χ4v) is 4.02. The Hall–Kier alpha value is -0.910. The van der Waals surface area contributed by atoms with Crippen LogP contribution in [0.15, 0.2) is 29.2 Å². The molecule has 1 aliphatic rings. The quantitative estimate of drug-likeness (QED) is 0.921. The molecule has 0 aliphatic carbocycles. The van der Waals surface area contributed by atoms with Crippen molar-refractivity contribution in [1.29, 1.82) is 0 Å². The highest BCUT2D eigenvalue weighted by Gasteiger charge is 2.26. The molecule has 0 aromatic heterocycles. The van der Waals surface area contributed by atoms with Gasteiger partial charge in [0.25, 0.3) is 0 Å². The van der Waals surface area contributed by atoms with E-state index in [4.69, 9.17) is 5.73 Å². The Labute approximate surface area is 115 Å². The minimum atomic E-state index is -3.36. The van der Waals surface area contributed by atoms with Crippen LogP contribution in [0.4, 0.5) is 0 Å². The van der Waals surface area contributed by atoms with Gasteiger partial charge in [-0.25, -0.2) is 8.42 Å². The van der Waals surface area contributed by atoms with E-state index in [1.54, 1.807) is 22.5 Å². The maximum absolute atomic E-state index is 12.6. The molecule has 1 heterocycles. The maximum Gasteiger partial charge on any atom is 0.243 e. The van der Waals surface area contributed by atoms with Crippen LogP contribution < -0.4 is 5.73 Å². The van der Waals surface area contributed by atoms with E-state index in [0.717, 1.165) is 24.8 Å². The van der Waals surface area contributed by atoms with E-state index in [2.05, 4.69) is 6.92 Å². The predicted octanol–water partition coefficient (Wildman–Crippen LogP) is 1.96. The first kappa shape index (κ1) is 14.5. The summed E-state index contributed by atoms with van der Waals surface area (Å²) in [6, 6.07) is 6.95. The van der Waals surface area contributed by atoms with Crippen LogP contribution in [-0.2, 0) is 16.6 Å². The highest BCUT2D eigenvalue weighted by Crippen LogP contribution is 2.23. The number of nitrogens with two attached hydrogens (primary N) is 1. The van der Waals surface area contributed by atoms with Crippen molar-refractivity contribution >= 4 is 10.0 Å². The van der Waals surface area contributed by atoms with Crippen molar-refractivity contribution in [1.82, 2.24) is 4.31 Å². The molecule has 1 saturated heterocycles. The van der Waals surface area contributed by atoms with Crippen LogP contribution >= 0.6 is 0 Å². The van der Waals surface area contributed by atoms with Gasteiger partial charge in [0.2, 0.25) is 10.0 Å². The average molecular weight is 282 g/mol. The summed E-state index contributed by atoms with van der Waals surface area (Å²) in [4.78, 5) is 0.366. The van der Waals surface area contributed by atoms with Crippen LogP contribution in [-0.4, -0.2) is 25.8 Å². The van der Waals surface area contributed by atoms with Gasteiger partial charge < -0.3 is 5.73 Å². The molecule has 106 valence electrons. The second-order valence-corrected chi connectivity index (χ2v) is 7.23. The number of benzene rings is 1. The second-order valence-electron chi connectivity index (χ2n) is 5.29. The van der Waals surface area contributed by atoms with E-state index >= 15 is 0 Å². The van der Waals surface area contributed by atoms with E-state index in [0.29, 0.717) is 30.4 Å². The van der Waals surface area contributed by atoms with Crippen LogP contribution in [0.1, 0.15) is 31.7 Å². The van der Waals surface area contributed by atoms with Gasteiger partial charge in [-0.05, 0) is 42.9 Å². The molecular weight excluding hydrogens is 260 g/mol. The van der Waals surface area contributed by atoms with Crippen molar-refractivity contribution in [2.75, 3.05) is 13.1 Å². The van der Waals surface area contributed by atoms with Crippen LogP contribution in [0.25, 0.3) is 0 Å². The van der Waals surface area contributed by atoms with E-state index < -0.39 is 10.0 Å². The van der Waals surface area contributed by atoms with Gasteiger partial charge in [0.1, 0.15) is 0 Å². The average Bonchev–Trinajstić information content (AvgIpc) is 2.64. The van der Waals surface area contributed by atoms with Crippen molar-refractivity contribution in [2.45, 2.75) is 37.6 Å². The molecule has 5 heteroatoms. The van der Waals surface area contributed by atoms with E-state index in [-0.39, 0.29) is 0 Å². The number of hydrogen-bond acceptors (Lipinski definition) is 3. The zero-order chi connectivity index (χ0) is 13.9. The van der Waals surface area contributed by atoms with Gasteiger partial charge in [-0.1, -0.05) is 19.1 Å². The van der Waals surface area contributed by atoms with Gasteiger partial charge in [0, 0.05) is 19.6 Å². The molecule has 0 spiro atoms. The van der Waals surface area contributed by atoms with Gasteiger partial charge in [-0.15, -0.1) is 0 Å². The fraction of sp³-hybridized carbons (Fsp3) is 0.571. The van der Waals surface area contributed by atoms with Crippen LogP contribution in [0.3, 0.4) is 0 Å². The fourth-order valence-electron chi connectivity index (χ4n) is 2.46. The third kappa shape index (κ3) is 3.35. The monoisotopic (exact) mass is 282 g/mol. The smallest absolute Gasteiger partial charge is 0.243 e. The van der Waals surface area contributed by atoms with E-state index in [1.807, 2.05) is 6.07 Å². The van der Waals surface area contributed by atoms with Crippen molar-refractivity contribution in [3.05, 3.63) is 29.8 Å². The van der Waals surface area contributed by atoms with Crippen LogP contribution in [0.5, 0.6) is 0 Å². The first-order chi connectivity index (χ1) is 9.04. The minimum Gasteiger partial charge on any atom is -0.326 e. The molecule has 1 aromatic rings. The molecule has 1 atom stereocenters. The Balaban J connectivity index is 2.25. The van der Waals surface area contributed by atoms with E-state index in [1.165, 1.54) is 0 Å². The normalized spacial score (nSPS) is 22.1. The zero-order valence-corrected chi connectivity index (χ0v) is 12.2. The molecule has 4 nitrogen and oxygen atoms in total. The second kappa shape index (κ2) is 6.03. The Morgan fingerprint density at radius 3 is 2.84 bits per heavy atom. The first-order valence-corrected chi connectivity index (χ1v) is 8.27. The molecule has 1 fully saturated rings. The summed E-state index contributed by atoms with van der Waals surface area (Å²) in [5.74, 6) is 0.607. The maximum atomic E-state index is 12.6. The molecule has 0 saturated carbocycles. The molecule has 1 unspecified atom stereocenters. The third-order valence-electron chi connectivity index (χ3n) is 3.75. The van der Waals surface area contributed by atoms with Crippen molar-refractivity contribution in [2.24, 2.45) is 11.7 Å². The molecule has 0 amide bonds. The summed E-state index contributed by atoms with van der Waals surface area (Å²) < 4.78 is 26.8. The van der Waals surface area contributed by atoms with Gasteiger partial charge in [-0.3, -0.25) is 0 Å².